The number of hydrogen-bond acceptors (Lipinski definition) is 2. The lowest BCUT2D eigenvalue weighted by Gasteiger charge is -2.21. The Morgan fingerprint density at radius 2 is 1.67 bits per heavy atom. The highest BCUT2D eigenvalue weighted by atomic mass is 35.5. The Morgan fingerprint density at radius 1 is 1.33 bits per heavy atom. The molecule has 0 rings (SSSR count). The molecular formula is C6H16ClNS. The van der Waals surface area contributed by atoms with Gasteiger partial charge in [0.1, 0.15) is 0 Å². The van der Waals surface area contributed by atoms with E-state index in [1.807, 2.05) is 0 Å². The molecule has 1 nitrogen and oxygen atoms in total. The maximum absolute atomic E-state index is 4.28. The third-order valence-electron chi connectivity index (χ3n) is 1.34. The first kappa shape index (κ1) is 12.3. The van der Waals surface area contributed by atoms with Crippen molar-refractivity contribution in [3.05, 3.63) is 0 Å². The molecule has 58 valence electrons. The number of nitrogens with zero attached hydrogens (tertiary/aromatic N) is 1. The van der Waals surface area contributed by atoms with Gasteiger partial charge in [0.2, 0.25) is 0 Å². The van der Waals surface area contributed by atoms with Gasteiger partial charge in [0.15, 0.2) is 0 Å². The zero-order valence-corrected chi connectivity index (χ0v) is 8.01. The minimum Gasteiger partial charge on any atom is -0.292 e. The summed E-state index contributed by atoms with van der Waals surface area (Å²) in [7, 11) is 0. The summed E-state index contributed by atoms with van der Waals surface area (Å²) in [6.07, 6.45) is 0. The van der Waals surface area contributed by atoms with Crippen molar-refractivity contribution in [2.75, 3.05) is 13.1 Å². The summed E-state index contributed by atoms with van der Waals surface area (Å²) in [5, 5.41) is 0.407. The first-order valence-electron chi connectivity index (χ1n) is 3.14. The fourth-order valence-corrected chi connectivity index (χ4v) is 1.08. The first-order chi connectivity index (χ1) is 3.72. The van der Waals surface area contributed by atoms with E-state index in [2.05, 4.69) is 38.3 Å². The second-order valence-corrected chi connectivity index (χ2v) is 2.60. The number of hydrogen-bond donors (Lipinski definition) is 1. The van der Waals surface area contributed by atoms with Crippen LogP contribution < -0.4 is 0 Å². The van der Waals surface area contributed by atoms with Crippen LogP contribution in [0.2, 0.25) is 0 Å². The van der Waals surface area contributed by atoms with E-state index in [4.69, 9.17) is 0 Å². The highest BCUT2D eigenvalue weighted by Gasteiger charge is 2.01. The van der Waals surface area contributed by atoms with Gasteiger partial charge < -0.3 is 0 Å². The summed E-state index contributed by atoms with van der Waals surface area (Å²) in [5.74, 6) is 0. The normalized spacial score (nSPS) is 13.0. The van der Waals surface area contributed by atoms with Crippen molar-refractivity contribution in [3.8, 4) is 0 Å². The molecule has 3 heteroatoms. The molecule has 0 aliphatic rings. The van der Waals surface area contributed by atoms with Gasteiger partial charge in [-0.3, -0.25) is 4.90 Å². The van der Waals surface area contributed by atoms with Gasteiger partial charge in [0, 0.05) is 5.37 Å². The Balaban J connectivity index is 0. The molecule has 0 fully saturated rings. The zero-order valence-electron chi connectivity index (χ0n) is 6.29. The average molecular weight is 170 g/mol. The Hall–Kier alpha value is 0.600. The lowest BCUT2D eigenvalue weighted by molar-refractivity contribution is 0.298. The summed E-state index contributed by atoms with van der Waals surface area (Å²) < 4.78 is 0. The molecule has 0 aromatic rings. The smallest absolute Gasteiger partial charge is 0.0498 e. The largest absolute Gasteiger partial charge is 0.292 e. The molecule has 0 bridgehead atoms. The molecule has 1 unspecified atom stereocenters. The fourth-order valence-electron chi connectivity index (χ4n) is 0.752. The maximum Gasteiger partial charge on any atom is 0.0498 e. The van der Waals surface area contributed by atoms with Crippen molar-refractivity contribution >= 4 is 25.0 Å². The Morgan fingerprint density at radius 3 is 1.67 bits per heavy atom. The lowest BCUT2D eigenvalue weighted by Crippen LogP contribution is -2.28. The van der Waals surface area contributed by atoms with Crippen LogP contribution in [0.15, 0.2) is 0 Å². The van der Waals surface area contributed by atoms with E-state index in [1.54, 1.807) is 0 Å². The fraction of sp³-hybridized carbons (Fsp3) is 1.00. The van der Waals surface area contributed by atoms with E-state index < -0.39 is 0 Å². The van der Waals surface area contributed by atoms with Crippen molar-refractivity contribution < 1.29 is 0 Å². The molecule has 0 saturated carbocycles. The number of thiol groups is 1. The van der Waals surface area contributed by atoms with E-state index in [9.17, 15) is 0 Å². The molecule has 0 radical (unpaired) electrons. The van der Waals surface area contributed by atoms with E-state index in [-0.39, 0.29) is 12.4 Å². The standard InChI is InChI=1S/C6H15NS.ClH/c1-4-7(5-2)6(3)8;/h6,8H,4-5H2,1-3H3;1H. The summed E-state index contributed by atoms with van der Waals surface area (Å²) in [6, 6.07) is 0. The maximum atomic E-state index is 4.28. The highest BCUT2D eigenvalue weighted by molar-refractivity contribution is 7.80. The Kier molecular flexibility index (Phi) is 9.17. The van der Waals surface area contributed by atoms with Gasteiger partial charge in [-0.05, 0) is 20.0 Å². The molecule has 9 heavy (non-hydrogen) atoms. The topological polar surface area (TPSA) is 3.24 Å². The van der Waals surface area contributed by atoms with E-state index >= 15 is 0 Å². The number of halogens is 1. The summed E-state index contributed by atoms with van der Waals surface area (Å²) >= 11 is 4.28. The second-order valence-electron chi connectivity index (χ2n) is 1.85. The lowest BCUT2D eigenvalue weighted by atomic mass is 10.5. The summed E-state index contributed by atoms with van der Waals surface area (Å²) in [6.45, 7) is 8.59. The van der Waals surface area contributed by atoms with Crippen LogP contribution in [-0.2, 0) is 0 Å². The van der Waals surface area contributed by atoms with Crippen LogP contribution in [-0.4, -0.2) is 23.4 Å². The Bertz CT molecular complexity index is 55.0. The van der Waals surface area contributed by atoms with Gasteiger partial charge in [-0.1, -0.05) is 13.8 Å². The van der Waals surface area contributed by atoms with E-state index in [1.165, 1.54) is 0 Å². The van der Waals surface area contributed by atoms with Crippen LogP contribution in [0.1, 0.15) is 20.8 Å². The highest BCUT2D eigenvalue weighted by Crippen LogP contribution is 1.99. The van der Waals surface area contributed by atoms with Crippen molar-refractivity contribution in [3.63, 3.8) is 0 Å². The van der Waals surface area contributed by atoms with Crippen molar-refractivity contribution in [2.45, 2.75) is 26.1 Å². The second kappa shape index (κ2) is 6.72. The van der Waals surface area contributed by atoms with Gasteiger partial charge in [0.25, 0.3) is 0 Å². The van der Waals surface area contributed by atoms with Crippen molar-refractivity contribution in [2.24, 2.45) is 0 Å². The molecule has 1 atom stereocenters. The van der Waals surface area contributed by atoms with Crippen LogP contribution >= 0.6 is 25.0 Å². The molecule has 0 aromatic heterocycles. The first-order valence-corrected chi connectivity index (χ1v) is 3.66. The molecule has 0 N–H and O–H groups in total. The molecule has 0 heterocycles. The minimum absolute atomic E-state index is 0. The van der Waals surface area contributed by atoms with Gasteiger partial charge in [-0.15, -0.1) is 12.4 Å². The summed E-state index contributed by atoms with van der Waals surface area (Å²) in [5.41, 5.74) is 0. The van der Waals surface area contributed by atoms with E-state index in [0.717, 1.165) is 13.1 Å². The molecular weight excluding hydrogens is 154 g/mol. The predicted molar refractivity (Wildman–Crippen MR) is 48.6 cm³/mol. The van der Waals surface area contributed by atoms with Gasteiger partial charge in [-0.25, -0.2) is 0 Å². The zero-order chi connectivity index (χ0) is 6.57. The molecule has 0 saturated heterocycles. The third kappa shape index (κ3) is 5.07. The van der Waals surface area contributed by atoms with Crippen molar-refractivity contribution in [1.82, 2.24) is 4.90 Å². The van der Waals surface area contributed by atoms with Crippen molar-refractivity contribution in [1.29, 1.82) is 0 Å². The third-order valence-corrected chi connectivity index (χ3v) is 1.67. The predicted octanol–water partition coefficient (Wildman–Crippen LogP) is 2.03. The monoisotopic (exact) mass is 169 g/mol. The Labute approximate surface area is 69.6 Å². The van der Waals surface area contributed by atoms with Gasteiger partial charge >= 0.3 is 0 Å². The quantitative estimate of drug-likeness (QED) is 0.500. The molecule has 0 amide bonds. The average Bonchev–Trinajstić information content (AvgIpc) is 1.69. The van der Waals surface area contributed by atoms with Crippen LogP contribution in [0, 0.1) is 0 Å². The van der Waals surface area contributed by atoms with E-state index in [0.29, 0.717) is 5.37 Å². The van der Waals surface area contributed by atoms with Crippen LogP contribution in [0.5, 0.6) is 0 Å². The van der Waals surface area contributed by atoms with Crippen LogP contribution in [0.4, 0.5) is 0 Å². The van der Waals surface area contributed by atoms with Crippen LogP contribution in [0.3, 0.4) is 0 Å². The summed E-state index contributed by atoms with van der Waals surface area (Å²) in [4.78, 5) is 2.28. The SMILES string of the molecule is CCN(CC)C(C)S.Cl. The van der Waals surface area contributed by atoms with Gasteiger partial charge in [-0.2, -0.15) is 12.6 Å². The molecule has 0 aliphatic heterocycles. The molecule has 0 spiro atoms. The number of rotatable bonds is 3. The molecule has 0 aromatic carbocycles. The van der Waals surface area contributed by atoms with Gasteiger partial charge in [0.05, 0.1) is 0 Å². The minimum atomic E-state index is 0. The molecule has 0 aliphatic carbocycles. The van der Waals surface area contributed by atoms with Crippen LogP contribution in [0.25, 0.3) is 0 Å².